The Bertz CT molecular complexity index is 672. The molecule has 2 saturated heterocycles. The van der Waals surface area contributed by atoms with Crippen LogP contribution in [-0.4, -0.2) is 58.5 Å². The van der Waals surface area contributed by atoms with Crippen LogP contribution >= 0.6 is 15.9 Å². The van der Waals surface area contributed by atoms with Crippen molar-refractivity contribution >= 4 is 27.7 Å². The average Bonchev–Trinajstić information content (AvgIpc) is 3.12. The van der Waals surface area contributed by atoms with Gasteiger partial charge in [-0.1, -0.05) is 40.9 Å². The number of nitrogens with zero attached hydrogens (tertiary/aromatic N) is 2. The molecule has 25 heavy (non-hydrogen) atoms. The Morgan fingerprint density at radius 1 is 1.20 bits per heavy atom. The molecule has 134 valence electrons. The van der Waals surface area contributed by atoms with Gasteiger partial charge in [0.25, 0.3) is 0 Å². The van der Waals surface area contributed by atoms with Gasteiger partial charge in [0.2, 0.25) is 11.8 Å². The number of piperazine rings is 1. The fraction of sp³-hybridized carbons (Fsp3) is 0.579. The van der Waals surface area contributed by atoms with E-state index in [0.717, 1.165) is 35.7 Å². The van der Waals surface area contributed by atoms with Crippen molar-refractivity contribution in [3.8, 4) is 0 Å². The van der Waals surface area contributed by atoms with E-state index in [0.29, 0.717) is 6.54 Å². The maximum absolute atomic E-state index is 12.8. The van der Waals surface area contributed by atoms with Crippen LogP contribution in [0.4, 0.5) is 0 Å². The van der Waals surface area contributed by atoms with Gasteiger partial charge < -0.3 is 14.9 Å². The number of carbonyl (C=O) groups excluding carboxylic acids is 2. The summed E-state index contributed by atoms with van der Waals surface area (Å²) in [5.74, 6) is 0.294. The number of fused-ring (bicyclic) bond motifs is 1. The summed E-state index contributed by atoms with van der Waals surface area (Å²) < 4.78 is 1.01. The number of benzene rings is 1. The van der Waals surface area contributed by atoms with Gasteiger partial charge >= 0.3 is 0 Å². The summed E-state index contributed by atoms with van der Waals surface area (Å²) in [5.41, 5.74) is 1.12. The van der Waals surface area contributed by atoms with E-state index in [-0.39, 0.29) is 48.9 Å². The second kappa shape index (κ2) is 6.72. The topological polar surface area (TPSA) is 60.9 Å². The molecule has 0 unspecified atom stereocenters. The van der Waals surface area contributed by atoms with Crippen LogP contribution in [0.3, 0.4) is 0 Å². The highest BCUT2D eigenvalue weighted by Gasteiger charge is 2.54. The summed E-state index contributed by atoms with van der Waals surface area (Å²) in [4.78, 5) is 28.9. The molecule has 3 fully saturated rings. The van der Waals surface area contributed by atoms with Gasteiger partial charge in [-0.15, -0.1) is 0 Å². The third-order valence-corrected chi connectivity index (χ3v) is 6.55. The minimum Gasteiger partial charge on any atom is -0.394 e. The van der Waals surface area contributed by atoms with Crippen molar-refractivity contribution in [2.45, 2.75) is 43.7 Å². The molecule has 1 aromatic rings. The predicted molar refractivity (Wildman–Crippen MR) is 96.9 cm³/mol. The summed E-state index contributed by atoms with van der Waals surface area (Å²) in [7, 11) is 0. The maximum atomic E-state index is 12.8. The van der Waals surface area contributed by atoms with E-state index in [1.165, 1.54) is 0 Å². The van der Waals surface area contributed by atoms with Gasteiger partial charge in [0.15, 0.2) is 0 Å². The number of aliphatic hydroxyl groups excluding tert-OH is 1. The molecule has 3 aliphatic rings. The normalized spacial score (nSPS) is 29.5. The maximum Gasteiger partial charge on any atom is 0.242 e. The van der Waals surface area contributed by atoms with E-state index in [2.05, 4.69) is 15.9 Å². The lowest BCUT2D eigenvalue weighted by molar-refractivity contribution is -0.168. The van der Waals surface area contributed by atoms with Crippen molar-refractivity contribution in [1.29, 1.82) is 0 Å². The molecule has 0 radical (unpaired) electrons. The van der Waals surface area contributed by atoms with Crippen molar-refractivity contribution in [2.75, 3.05) is 19.7 Å². The molecule has 2 amide bonds. The van der Waals surface area contributed by atoms with Gasteiger partial charge in [-0.05, 0) is 30.5 Å². The van der Waals surface area contributed by atoms with Crippen molar-refractivity contribution in [3.63, 3.8) is 0 Å². The number of amides is 2. The summed E-state index contributed by atoms with van der Waals surface area (Å²) in [6.07, 6.45) is 4.13. The van der Waals surface area contributed by atoms with Crippen LogP contribution in [0.15, 0.2) is 28.7 Å². The number of halogens is 1. The first-order valence-electron chi connectivity index (χ1n) is 9.06. The van der Waals surface area contributed by atoms with Crippen LogP contribution in [0, 0.1) is 5.92 Å². The minimum atomic E-state index is -0.178. The predicted octanol–water partition coefficient (Wildman–Crippen LogP) is 2.14. The second-order valence-corrected chi connectivity index (χ2v) is 8.31. The standard InChI is InChI=1S/C19H23BrN2O3/c20-14-7-5-12(6-8-14)18-15-9-21(19(25)13-3-1-2-4-13)10-17(24)22(15)16(18)11-23/h5-8,13,15-16,18,23H,1-4,9-11H2/t15-,16+,18-/m1/s1. The number of hydrogen-bond donors (Lipinski definition) is 1. The van der Waals surface area contributed by atoms with Gasteiger partial charge in [-0.3, -0.25) is 9.59 Å². The summed E-state index contributed by atoms with van der Waals surface area (Å²) in [6.45, 7) is 0.702. The molecular weight excluding hydrogens is 384 g/mol. The molecule has 0 aromatic heterocycles. The zero-order valence-corrected chi connectivity index (χ0v) is 15.7. The van der Waals surface area contributed by atoms with Crippen molar-refractivity contribution < 1.29 is 14.7 Å². The van der Waals surface area contributed by atoms with Gasteiger partial charge in [-0.2, -0.15) is 0 Å². The van der Waals surface area contributed by atoms with Crippen molar-refractivity contribution in [3.05, 3.63) is 34.3 Å². The van der Waals surface area contributed by atoms with Crippen molar-refractivity contribution in [1.82, 2.24) is 9.80 Å². The molecule has 4 rings (SSSR count). The zero-order chi connectivity index (χ0) is 17.6. The molecule has 0 bridgehead atoms. The molecule has 1 aromatic carbocycles. The van der Waals surface area contributed by atoms with E-state index in [9.17, 15) is 14.7 Å². The summed E-state index contributed by atoms with van der Waals surface area (Å²) in [6, 6.07) is 7.85. The van der Waals surface area contributed by atoms with Crippen molar-refractivity contribution in [2.24, 2.45) is 5.92 Å². The molecule has 1 N–H and O–H groups in total. The van der Waals surface area contributed by atoms with Gasteiger partial charge in [0.1, 0.15) is 0 Å². The number of rotatable bonds is 3. The molecule has 1 aliphatic carbocycles. The highest BCUT2D eigenvalue weighted by molar-refractivity contribution is 9.10. The van der Waals surface area contributed by atoms with Gasteiger partial charge in [0.05, 0.1) is 25.2 Å². The Morgan fingerprint density at radius 3 is 2.52 bits per heavy atom. The number of hydrogen-bond acceptors (Lipinski definition) is 3. The summed E-state index contributed by atoms with van der Waals surface area (Å²) >= 11 is 3.44. The lowest BCUT2D eigenvalue weighted by atomic mass is 9.73. The van der Waals surface area contributed by atoms with Crippen LogP contribution in [0.1, 0.15) is 37.2 Å². The Kier molecular flexibility index (Phi) is 4.58. The SMILES string of the molecule is O=C(C1CCCC1)N1CC(=O)N2[C@H](C1)[C@@H](c1ccc(Br)cc1)[C@@H]2CO. The highest BCUT2D eigenvalue weighted by Crippen LogP contribution is 2.43. The lowest BCUT2D eigenvalue weighted by Gasteiger charge is -2.59. The second-order valence-electron chi connectivity index (χ2n) is 7.40. The van der Waals surface area contributed by atoms with E-state index in [1.54, 1.807) is 9.80 Å². The molecule has 1 saturated carbocycles. The monoisotopic (exact) mass is 406 g/mol. The average molecular weight is 407 g/mol. The Labute approximate surface area is 156 Å². The molecule has 6 heteroatoms. The smallest absolute Gasteiger partial charge is 0.242 e. The Balaban J connectivity index is 1.55. The quantitative estimate of drug-likeness (QED) is 0.836. The van der Waals surface area contributed by atoms with Crippen LogP contribution in [0.5, 0.6) is 0 Å². The molecule has 2 heterocycles. The number of aliphatic hydroxyl groups is 1. The van der Waals surface area contributed by atoms with E-state index in [4.69, 9.17) is 0 Å². The third kappa shape index (κ3) is 2.89. The molecule has 0 spiro atoms. The van der Waals surface area contributed by atoms with Crippen LogP contribution in [0.25, 0.3) is 0 Å². The fourth-order valence-corrected chi connectivity index (χ4v) is 5.05. The van der Waals surface area contributed by atoms with E-state index < -0.39 is 0 Å². The third-order valence-electron chi connectivity index (χ3n) is 6.02. The Hall–Kier alpha value is -1.40. The lowest BCUT2D eigenvalue weighted by Crippen LogP contribution is -2.73. The first-order valence-corrected chi connectivity index (χ1v) is 9.85. The number of carbonyl (C=O) groups is 2. The first-order chi connectivity index (χ1) is 12.1. The zero-order valence-electron chi connectivity index (χ0n) is 14.1. The molecule has 5 nitrogen and oxygen atoms in total. The largest absolute Gasteiger partial charge is 0.394 e. The van der Waals surface area contributed by atoms with E-state index >= 15 is 0 Å². The van der Waals surface area contributed by atoms with Crippen LogP contribution < -0.4 is 0 Å². The molecule has 2 aliphatic heterocycles. The molecule has 3 atom stereocenters. The van der Waals surface area contributed by atoms with Gasteiger partial charge in [-0.25, -0.2) is 0 Å². The highest BCUT2D eigenvalue weighted by atomic mass is 79.9. The molecular formula is C19H23BrN2O3. The minimum absolute atomic E-state index is 0.0232. The van der Waals surface area contributed by atoms with Crippen LogP contribution in [0.2, 0.25) is 0 Å². The first kappa shape index (κ1) is 17.0. The van der Waals surface area contributed by atoms with Crippen LogP contribution in [-0.2, 0) is 9.59 Å². The fourth-order valence-electron chi connectivity index (χ4n) is 4.78. The Morgan fingerprint density at radius 2 is 1.88 bits per heavy atom. The van der Waals surface area contributed by atoms with Gasteiger partial charge in [0, 0.05) is 22.9 Å². The summed E-state index contributed by atoms with van der Waals surface area (Å²) in [5, 5.41) is 9.79. The van der Waals surface area contributed by atoms with E-state index in [1.807, 2.05) is 24.3 Å².